The summed E-state index contributed by atoms with van der Waals surface area (Å²) in [5.41, 5.74) is 4.20. The number of ether oxygens (including phenoxy) is 1. The minimum absolute atomic E-state index is 0.0971. The summed E-state index contributed by atoms with van der Waals surface area (Å²) in [6.07, 6.45) is 4.36. The topological polar surface area (TPSA) is 69.1 Å². The molecule has 2 saturated heterocycles. The van der Waals surface area contributed by atoms with E-state index in [1.165, 1.54) is 28.2 Å². The Morgan fingerprint density at radius 3 is 2.70 bits per heavy atom. The summed E-state index contributed by atoms with van der Waals surface area (Å²) >= 11 is 5.54. The molecule has 0 bridgehead atoms. The number of benzene rings is 2. The summed E-state index contributed by atoms with van der Waals surface area (Å²) < 4.78 is 23.7. The number of carboxylic acid groups (broad SMARTS) is 1. The van der Waals surface area contributed by atoms with E-state index in [1.54, 1.807) is 18.2 Å². The zero-order valence-electron chi connectivity index (χ0n) is 24.2. The number of hydrogen-bond donors (Lipinski definition) is 1. The van der Waals surface area contributed by atoms with Gasteiger partial charge in [0.2, 0.25) is 0 Å². The van der Waals surface area contributed by atoms with Crippen LogP contribution in [0.5, 0.6) is 5.88 Å². The van der Waals surface area contributed by atoms with Gasteiger partial charge in [-0.1, -0.05) is 17.7 Å². The summed E-state index contributed by atoms with van der Waals surface area (Å²) in [7, 11) is 2.20. The quantitative estimate of drug-likeness (QED) is 0.342. The maximum atomic E-state index is 14.2. The molecule has 2 fully saturated rings. The van der Waals surface area contributed by atoms with Crippen molar-refractivity contribution in [3.05, 3.63) is 95.6 Å². The molecule has 10 heteroatoms. The van der Waals surface area contributed by atoms with Crippen molar-refractivity contribution in [3.8, 4) is 5.88 Å². The Labute approximate surface area is 267 Å². The second-order valence-electron chi connectivity index (χ2n) is 11.5. The molecule has 3 aromatic rings. The van der Waals surface area contributed by atoms with Crippen molar-refractivity contribution in [2.75, 3.05) is 44.7 Å². The van der Waals surface area contributed by atoms with Gasteiger partial charge >= 0.3 is 218 Å². The van der Waals surface area contributed by atoms with Crippen LogP contribution < -0.4 is 30.8 Å². The fourth-order valence-electron chi connectivity index (χ4n) is 6.18. The Balaban J connectivity index is 1.10. The third-order valence-electron chi connectivity index (χ3n) is 8.72. The predicted octanol–water partition coefficient (Wildman–Crippen LogP) is 3.05. The standard InChI is InChI=1S/C33H36ClFIN4O3/c1-38-13-3-4-26(38)20-40-27(18-36-29-10-8-23(33(41)42)16-31(29)40)19-39-14-11-22(12-15-39)30-5-2-6-32(37-30)43-21-24-7-9-25(34)17-28(24)35/h2,5-10,16-18,22,26H,3-4,11-15,19-21H2,1H3,(H,41,42)/q-1/t26-/m1/s1. The van der Waals surface area contributed by atoms with E-state index < -0.39 is 5.97 Å². The number of pyridine rings is 1. The normalized spacial score (nSPS) is 19.9. The number of halogens is 3. The molecule has 3 aliphatic rings. The molecule has 1 aromatic heterocycles. The van der Waals surface area contributed by atoms with E-state index in [0.29, 0.717) is 34.0 Å². The van der Waals surface area contributed by atoms with Crippen molar-refractivity contribution in [2.45, 2.75) is 44.2 Å². The van der Waals surface area contributed by atoms with Crippen molar-refractivity contribution in [2.24, 2.45) is 0 Å². The zero-order valence-corrected chi connectivity index (χ0v) is 27.1. The number of fused-ring (bicyclic) bond motifs is 1. The van der Waals surface area contributed by atoms with Crippen LogP contribution in [0.4, 0.5) is 10.1 Å². The van der Waals surface area contributed by atoms with Crippen molar-refractivity contribution >= 4 is 23.3 Å². The molecule has 4 heterocycles. The predicted molar refractivity (Wildman–Crippen MR) is 162 cm³/mol. The minimum atomic E-state index is -0.877. The van der Waals surface area contributed by atoms with Crippen LogP contribution >= 0.6 is 11.6 Å². The van der Waals surface area contributed by atoms with Crippen LogP contribution in [0.25, 0.3) is 0 Å². The van der Waals surface area contributed by atoms with E-state index in [1.807, 2.05) is 24.3 Å². The number of nitrogens with zero attached hydrogens (tertiary/aromatic N) is 4. The van der Waals surface area contributed by atoms with Gasteiger partial charge in [-0.05, 0) is 12.1 Å². The number of rotatable bonds is 9. The SMILES string of the molecule is CN1CCC[C@@H]1CN1C(CN2CCC(c3cccc(OCc4ccc(Cl)cc4F)n3)CC2)=C[I-]c2ccc(C(=O)O)cc21. The number of carbonyl (C=O) groups is 1. The molecule has 2 aromatic carbocycles. The molecular formula is C33H36ClFIN4O3-. The number of hydrogen-bond acceptors (Lipinski definition) is 6. The van der Waals surface area contributed by atoms with Gasteiger partial charge in [-0.25, -0.2) is 4.39 Å². The third kappa shape index (κ3) is 7.16. The van der Waals surface area contributed by atoms with Crippen LogP contribution in [0.15, 0.2) is 64.4 Å². The number of likely N-dealkylation sites (N-methyl/N-ethyl adjacent to an activating group) is 1. The van der Waals surface area contributed by atoms with Gasteiger partial charge in [0.25, 0.3) is 0 Å². The molecule has 0 unspecified atom stereocenters. The first-order valence-corrected chi connectivity index (χ1v) is 17.5. The van der Waals surface area contributed by atoms with Gasteiger partial charge in [-0.2, -0.15) is 0 Å². The number of piperidine rings is 1. The van der Waals surface area contributed by atoms with E-state index >= 15 is 0 Å². The molecule has 7 nitrogen and oxygen atoms in total. The summed E-state index contributed by atoms with van der Waals surface area (Å²) in [5.74, 6) is -0.428. The van der Waals surface area contributed by atoms with Gasteiger partial charge in [-0.15, -0.1) is 0 Å². The van der Waals surface area contributed by atoms with Crippen molar-refractivity contribution in [1.82, 2.24) is 14.8 Å². The van der Waals surface area contributed by atoms with E-state index in [-0.39, 0.29) is 33.6 Å². The number of carboxylic acids is 1. The first-order valence-electron chi connectivity index (χ1n) is 14.8. The first kappa shape index (κ1) is 30.3. The Hall–Kier alpha value is -2.73. The van der Waals surface area contributed by atoms with Crippen molar-refractivity contribution < 1.29 is 40.2 Å². The van der Waals surface area contributed by atoms with Gasteiger partial charge in [0.15, 0.2) is 0 Å². The first-order chi connectivity index (χ1) is 20.8. The van der Waals surface area contributed by atoms with Crippen LogP contribution in [0.3, 0.4) is 0 Å². The van der Waals surface area contributed by atoms with Crippen LogP contribution in [0.1, 0.15) is 53.2 Å². The fraction of sp³-hybridized carbons (Fsp3) is 0.394. The number of anilines is 1. The van der Waals surface area contributed by atoms with Gasteiger partial charge in [0.05, 0.1) is 0 Å². The second kappa shape index (κ2) is 13.5. The molecule has 0 amide bonds. The van der Waals surface area contributed by atoms with Gasteiger partial charge in [-0.3, -0.25) is 0 Å². The summed E-state index contributed by atoms with van der Waals surface area (Å²) in [6.45, 7) is 4.88. The van der Waals surface area contributed by atoms with Gasteiger partial charge in [0.1, 0.15) is 5.82 Å². The molecule has 1 N–H and O–H groups in total. The average molecular weight is 718 g/mol. The molecule has 0 radical (unpaired) electrons. The molecular weight excluding hydrogens is 682 g/mol. The Kier molecular flexibility index (Phi) is 9.51. The molecule has 6 rings (SSSR count). The number of likely N-dealkylation sites (tertiary alicyclic amines) is 2. The van der Waals surface area contributed by atoms with Crippen LogP contribution in [0, 0.1) is 9.39 Å². The maximum absolute atomic E-state index is 14.2. The Morgan fingerprint density at radius 1 is 1.12 bits per heavy atom. The zero-order chi connectivity index (χ0) is 29.9. The molecule has 43 heavy (non-hydrogen) atoms. The van der Waals surface area contributed by atoms with E-state index in [2.05, 4.69) is 31.9 Å². The van der Waals surface area contributed by atoms with E-state index in [4.69, 9.17) is 21.3 Å². The van der Waals surface area contributed by atoms with Crippen molar-refractivity contribution in [3.63, 3.8) is 0 Å². The van der Waals surface area contributed by atoms with Gasteiger partial charge < -0.3 is 0 Å². The second-order valence-corrected chi connectivity index (χ2v) is 14.4. The molecule has 1 atom stereocenters. The third-order valence-corrected chi connectivity index (χ3v) is 11.6. The molecule has 3 aliphatic heterocycles. The van der Waals surface area contributed by atoms with Crippen LogP contribution in [-0.2, 0) is 6.61 Å². The van der Waals surface area contributed by atoms with Crippen molar-refractivity contribution in [1.29, 1.82) is 0 Å². The van der Waals surface area contributed by atoms with Crippen LogP contribution in [-0.4, -0.2) is 71.7 Å². The summed E-state index contributed by atoms with van der Waals surface area (Å²) in [6, 6.07) is 16.5. The van der Waals surface area contributed by atoms with Gasteiger partial charge in [0, 0.05) is 10.6 Å². The summed E-state index contributed by atoms with van der Waals surface area (Å²) in [4.78, 5) is 23.9. The number of aromatic carboxylic acids is 1. The average Bonchev–Trinajstić information content (AvgIpc) is 3.42. The monoisotopic (exact) mass is 717 g/mol. The fourth-order valence-corrected chi connectivity index (χ4v) is 8.72. The molecule has 0 saturated carbocycles. The Morgan fingerprint density at radius 2 is 1.95 bits per heavy atom. The van der Waals surface area contributed by atoms with E-state index in [0.717, 1.165) is 56.9 Å². The number of aromatic nitrogens is 1. The summed E-state index contributed by atoms with van der Waals surface area (Å²) in [5, 5.41) is 10.1. The molecule has 0 spiro atoms. The van der Waals surface area contributed by atoms with E-state index in [9.17, 15) is 14.3 Å². The Bertz CT molecular complexity index is 1510. The van der Waals surface area contributed by atoms with Crippen LogP contribution in [0.2, 0.25) is 5.02 Å². The molecule has 228 valence electrons. The molecule has 0 aliphatic carbocycles.